The summed E-state index contributed by atoms with van der Waals surface area (Å²) in [6, 6.07) is 0. The van der Waals surface area contributed by atoms with Gasteiger partial charge in [-0.1, -0.05) is 129 Å². The maximum atomic E-state index is 8.81. The van der Waals surface area contributed by atoms with Gasteiger partial charge in [-0.05, 0) is 12.8 Å². The van der Waals surface area contributed by atoms with E-state index in [0.29, 0.717) is 0 Å². The fourth-order valence-electron chi connectivity index (χ4n) is 3.89. The molecule has 0 radical (unpaired) electrons. The summed E-state index contributed by atoms with van der Waals surface area (Å²) in [5, 5.41) is 18.8. The van der Waals surface area contributed by atoms with Crippen molar-refractivity contribution in [1.82, 2.24) is 5.23 Å². The van der Waals surface area contributed by atoms with E-state index in [0.717, 1.165) is 6.42 Å². The van der Waals surface area contributed by atoms with Crippen molar-refractivity contribution in [2.45, 2.75) is 135 Å². The van der Waals surface area contributed by atoms with Gasteiger partial charge >= 0.3 is 0 Å². The van der Waals surface area contributed by atoms with E-state index in [1.54, 1.807) is 6.20 Å². The lowest BCUT2D eigenvalue weighted by atomic mass is 10.0. The van der Waals surface area contributed by atoms with Gasteiger partial charge in [0.1, 0.15) is 13.2 Å². The first-order chi connectivity index (χ1) is 15.8. The molecule has 5 heteroatoms. The molecule has 0 amide bonds. The van der Waals surface area contributed by atoms with Crippen LogP contribution in [0.1, 0.15) is 135 Å². The normalized spacial score (nSPS) is 11.6. The minimum Gasteiger partial charge on any atom is -0.394 e. The van der Waals surface area contributed by atoms with Crippen LogP contribution in [0, 0.1) is 0 Å². The molecule has 0 spiro atoms. The zero-order valence-electron chi connectivity index (χ0n) is 21.3. The third kappa shape index (κ3) is 25.6. The Balaban J connectivity index is 3.27. The van der Waals surface area contributed by atoms with Crippen molar-refractivity contribution in [3.05, 3.63) is 12.3 Å². The van der Waals surface area contributed by atoms with Crippen molar-refractivity contribution in [2.24, 2.45) is 0 Å². The lowest BCUT2D eigenvalue weighted by Crippen LogP contribution is -2.22. The third-order valence-corrected chi connectivity index (χ3v) is 5.82. The molecule has 0 aromatic carbocycles. The average Bonchev–Trinajstić information content (AvgIpc) is 2.81. The van der Waals surface area contributed by atoms with Gasteiger partial charge in [0.25, 0.3) is 0 Å². The number of unbranched alkanes of at least 4 members (excludes halogenated alkanes) is 19. The number of allylic oxidation sites excluding steroid dienone is 1. The van der Waals surface area contributed by atoms with E-state index in [9.17, 15) is 0 Å². The number of aliphatic hydroxyl groups excluding tert-OH is 2. The van der Waals surface area contributed by atoms with Gasteiger partial charge in [0.2, 0.25) is 0 Å². The Bertz CT molecular complexity index is 358. The molecule has 0 aliphatic heterocycles. The van der Waals surface area contributed by atoms with Crippen LogP contribution in [0.2, 0.25) is 0 Å². The van der Waals surface area contributed by atoms with E-state index in [-0.39, 0.29) is 26.4 Å². The van der Waals surface area contributed by atoms with Gasteiger partial charge in [0, 0.05) is 0 Å². The molecule has 2 N–H and O–H groups in total. The van der Waals surface area contributed by atoms with Gasteiger partial charge in [-0.25, -0.2) is 9.68 Å². The quantitative estimate of drug-likeness (QED) is 0.0989. The predicted molar refractivity (Wildman–Crippen MR) is 135 cm³/mol. The molecule has 0 atom stereocenters. The maximum absolute atomic E-state index is 8.81. The molecule has 0 aromatic rings. The predicted octanol–water partition coefficient (Wildman–Crippen LogP) is 7.47. The standard InChI is InChI=1S/C27H55NO4/c1-2-3-4-5-6-7-8-9-10-11-12-13-14-15-16-17-18-19-20-21-22-23-28(31-26-24-29)32-27-25-30/h22-23,29-30H,2-21,24-27H2,1H3. The van der Waals surface area contributed by atoms with Crippen LogP contribution in [0.3, 0.4) is 0 Å². The topological polar surface area (TPSA) is 62.2 Å². The summed E-state index contributed by atoms with van der Waals surface area (Å²) >= 11 is 0. The van der Waals surface area contributed by atoms with E-state index in [2.05, 4.69) is 6.92 Å². The van der Waals surface area contributed by atoms with Crippen LogP contribution >= 0.6 is 0 Å². The minimum atomic E-state index is -0.0634. The van der Waals surface area contributed by atoms with E-state index in [4.69, 9.17) is 19.9 Å². The molecule has 0 bridgehead atoms. The number of nitrogens with zero attached hydrogens (tertiary/aromatic N) is 1. The fourth-order valence-corrected chi connectivity index (χ4v) is 3.89. The Labute approximate surface area is 199 Å². The second kappa shape index (κ2) is 28.4. The van der Waals surface area contributed by atoms with Gasteiger partial charge in [0.05, 0.1) is 19.4 Å². The zero-order chi connectivity index (χ0) is 23.4. The number of rotatable bonds is 27. The van der Waals surface area contributed by atoms with Gasteiger partial charge in [-0.3, -0.25) is 0 Å². The molecule has 192 valence electrons. The first kappa shape index (κ1) is 31.4. The third-order valence-electron chi connectivity index (χ3n) is 5.82. The number of hydrogen-bond donors (Lipinski definition) is 2. The van der Waals surface area contributed by atoms with Gasteiger partial charge in [-0.15, -0.1) is 5.23 Å². The summed E-state index contributed by atoms with van der Waals surface area (Å²) in [5.74, 6) is 0. The van der Waals surface area contributed by atoms with Gasteiger partial charge < -0.3 is 10.2 Å². The Morgan fingerprint density at radius 1 is 0.531 bits per heavy atom. The molecule has 32 heavy (non-hydrogen) atoms. The molecule has 0 aliphatic rings. The highest BCUT2D eigenvalue weighted by Crippen LogP contribution is 2.15. The molecule has 0 saturated heterocycles. The van der Waals surface area contributed by atoms with Crippen LogP contribution in [0.25, 0.3) is 0 Å². The largest absolute Gasteiger partial charge is 0.394 e. The highest BCUT2D eigenvalue weighted by atomic mass is 16.9. The second-order valence-electron chi connectivity index (χ2n) is 8.94. The summed E-state index contributed by atoms with van der Waals surface area (Å²) in [7, 11) is 0. The van der Waals surface area contributed by atoms with Crippen LogP contribution < -0.4 is 0 Å². The summed E-state index contributed by atoms with van der Waals surface area (Å²) < 4.78 is 0. The molecular formula is C27H55NO4. The number of aliphatic hydroxyl groups is 2. The lowest BCUT2D eigenvalue weighted by molar-refractivity contribution is -0.339. The van der Waals surface area contributed by atoms with Crippen molar-refractivity contribution in [3.8, 4) is 0 Å². The molecule has 0 unspecified atom stereocenters. The van der Waals surface area contributed by atoms with Crippen molar-refractivity contribution < 1.29 is 19.9 Å². The Kier molecular flexibility index (Phi) is 27.9. The molecule has 0 fully saturated rings. The second-order valence-corrected chi connectivity index (χ2v) is 8.94. The average molecular weight is 458 g/mol. The van der Waals surface area contributed by atoms with Crippen molar-refractivity contribution in [1.29, 1.82) is 0 Å². The van der Waals surface area contributed by atoms with Crippen LogP contribution in [0.5, 0.6) is 0 Å². The van der Waals surface area contributed by atoms with E-state index >= 15 is 0 Å². The number of hydrogen-bond acceptors (Lipinski definition) is 5. The molecular weight excluding hydrogens is 402 g/mol. The van der Waals surface area contributed by atoms with Crippen LogP contribution in [-0.4, -0.2) is 41.9 Å². The first-order valence-corrected chi connectivity index (χ1v) is 13.8. The molecule has 0 rings (SSSR count). The summed E-state index contributed by atoms with van der Waals surface area (Å²) in [5.41, 5.74) is 0. The van der Waals surface area contributed by atoms with Crippen molar-refractivity contribution in [2.75, 3.05) is 26.4 Å². The molecule has 5 nitrogen and oxygen atoms in total. The van der Waals surface area contributed by atoms with E-state index < -0.39 is 0 Å². The van der Waals surface area contributed by atoms with Gasteiger partial charge in [-0.2, -0.15) is 0 Å². The Hall–Kier alpha value is -0.620. The Morgan fingerprint density at radius 2 is 0.875 bits per heavy atom. The smallest absolute Gasteiger partial charge is 0.101 e. The monoisotopic (exact) mass is 457 g/mol. The highest BCUT2D eigenvalue weighted by Gasteiger charge is 1.99. The summed E-state index contributed by atoms with van der Waals surface area (Å²) in [6.07, 6.45) is 31.3. The van der Waals surface area contributed by atoms with E-state index in [1.165, 1.54) is 127 Å². The lowest BCUT2D eigenvalue weighted by Gasteiger charge is -2.17. The summed E-state index contributed by atoms with van der Waals surface area (Å²) in [6.45, 7) is 2.51. The number of hydroxylamine groups is 2. The highest BCUT2D eigenvalue weighted by molar-refractivity contribution is 4.76. The Morgan fingerprint density at radius 3 is 1.22 bits per heavy atom. The molecule has 0 saturated carbocycles. The first-order valence-electron chi connectivity index (χ1n) is 13.8. The van der Waals surface area contributed by atoms with Crippen LogP contribution in [-0.2, 0) is 9.68 Å². The SMILES string of the molecule is CCCCCCCCCCCCCCCCCCCCCC=CN(OCCO)OCCO. The minimum absolute atomic E-state index is 0.0634. The maximum Gasteiger partial charge on any atom is 0.101 e. The summed E-state index contributed by atoms with van der Waals surface area (Å²) in [4.78, 5) is 10.4. The van der Waals surface area contributed by atoms with Gasteiger partial charge in [0.15, 0.2) is 0 Å². The van der Waals surface area contributed by atoms with Crippen molar-refractivity contribution >= 4 is 0 Å². The van der Waals surface area contributed by atoms with Crippen LogP contribution in [0.4, 0.5) is 0 Å². The van der Waals surface area contributed by atoms with Crippen LogP contribution in [0.15, 0.2) is 12.3 Å². The molecule has 0 aliphatic carbocycles. The molecule has 0 heterocycles. The fraction of sp³-hybridized carbons (Fsp3) is 0.926. The zero-order valence-corrected chi connectivity index (χ0v) is 21.3. The van der Waals surface area contributed by atoms with Crippen molar-refractivity contribution in [3.63, 3.8) is 0 Å². The van der Waals surface area contributed by atoms with E-state index in [1.807, 2.05) is 6.08 Å². The molecule has 0 aromatic heterocycles.